The van der Waals surface area contributed by atoms with E-state index >= 15 is 0 Å². The van der Waals surface area contributed by atoms with Gasteiger partial charge in [0.25, 0.3) is 0 Å². The van der Waals surface area contributed by atoms with E-state index in [1.54, 1.807) is 0 Å². The Labute approximate surface area is 143 Å². The molecule has 1 N–H and O–H groups in total. The van der Waals surface area contributed by atoms with Crippen molar-refractivity contribution in [2.24, 2.45) is 11.8 Å². The number of H-pyrrole nitrogens is 1. The van der Waals surface area contributed by atoms with Crippen LogP contribution in [0.2, 0.25) is 0 Å². The van der Waals surface area contributed by atoms with Gasteiger partial charge >= 0.3 is 0 Å². The summed E-state index contributed by atoms with van der Waals surface area (Å²) in [5, 5.41) is 1.35. The van der Waals surface area contributed by atoms with E-state index in [4.69, 9.17) is 4.74 Å². The average molecular weight is 326 g/mol. The van der Waals surface area contributed by atoms with Crippen LogP contribution in [0.4, 0.5) is 0 Å². The molecule has 4 nitrogen and oxygen atoms in total. The number of carbonyl (C=O) groups excluding carboxylic acids is 1. The number of hydrogen-bond acceptors (Lipinski definition) is 2. The summed E-state index contributed by atoms with van der Waals surface area (Å²) >= 11 is 0. The molecule has 3 heterocycles. The number of aromatic nitrogens is 1. The highest BCUT2D eigenvalue weighted by Crippen LogP contribution is 2.27. The monoisotopic (exact) mass is 326 g/mol. The van der Waals surface area contributed by atoms with Gasteiger partial charge in [0, 0.05) is 49.3 Å². The zero-order chi connectivity index (χ0) is 16.4. The van der Waals surface area contributed by atoms with Gasteiger partial charge in [-0.1, -0.05) is 18.2 Å². The predicted octanol–water partition coefficient (Wildman–Crippen LogP) is 3.38. The number of ether oxygens (including phenoxy) is 1. The second-order valence-corrected chi connectivity index (χ2v) is 7.22. The maximum Gasteiger partial charge on any atom is 0.225 e. The van der Waals surface area contributed by atoms with E-state index in [0.717, 1.165) is 58.4 Å². The van der Waals surface area contributed by atoms with E-state index in [0.29, 0.717) is 11.8 Å². The number of carbonyl (C=O) groups is 1. The van der Waals surface area contributed by atoms with Gasteiger partial charge in [-0.15, -0.1) is 0 Å². The number of fused-ring (bicyclic) bond motifs is 1. The summed E-state index contributed by atoms with van der Waals surface area (Å²) in [4.78, 5) is 18.1. The van der Waals surface area contributed by atoms with E-state index in [1.807, 2.05) is 0 Å². The smallest absolute Gasteiger partial charge is 0.225 e. The molecular formula is C20H26N2O2. The van der Waals surface area contributed by atoms with Gasteiger partial charge in [-0.25, -0.2) is 0 Å². The Morgan fingerprint density at radius 2 is 1.88 bits per heavy atom. The number of amides is 1. The molecular weight excluding hydrogens is 300 g/mol. The van der Waals surface area contributed by atoms with Crippen LogP contribution in [0, 0.1) is 11.8 Å². The molecule has 2 aliphatic heterocycles. The summed E-state index contributed by atoms with van der Waals surface area (Å²) in [5.74, 6) is 1.25. The minimum Gasteiger partial charge on any atom is -0.381 e. The van der Waals surface area contributed by atoms with Gasteiger partial charge in [0.15, 0.2) is 0 Å². The molecule has 0 aliphatic carbocycles. The summed E-state index contributed by atoms with van der Waals surface area (Å²) in [5.41, 5.74) is 2.64. The first kappa shape index (κ1) is 15.7. The first-order valence-electron chi connectivity index (χ1n) is 9.23. The Morgan fingerprint density at radius 1 is 1.12 bits per heavy atom. The van der Waals surface area contributed by atoms with E-state index in [1.165, 1.54) is 16.5 Å². The number of para-hydroxylation sites is 1. The summed E-state index contributed by atoms with van der Waals surface area (Å²) in [6.45, 7) is 3.33. The minimum absolute atomic E-state index is 0.198. The van der Waals surface area contributed by atoms with Crippen molar-refractivity contribution >= 4 is 16.8 Å². The van der Waals surface area contributed by atoms with Crippen LogP contribution in [-0.4, -0.2) is 42.1 Å². The molecule has 4 rings (SSSR count). The lowest BCUT2D eigenvalue weighted by atomic mass is 9.89. The second-order valence-electron chi connectivity index (χ2n) is 7.22. The Hall–Kier alpha value is -1.81. The lowest BCUT2D eigenvalue weighted by Crippen LogP contribution is -2.43. The highest BCUT2D eigenvalue weighted by molar-refractivity contribution is 5.83. The molecule has 4 heteroatoms. The van der Waals surface area contributed by atoms with Gasteiger partial charge < -0.3 is 14.6 Å². The zero-order valence-electron chi connectivity index (χ0n) is 14.2. The van der Waals surface area contributed by atoms with Crippen molar-refractivity contribution in [1.82, 2.24) is 9.88 Å². The van der Waals surface area contributed by atoms with Gasteiger partial charge in [-0.05, 0) is 49.7 Å². The molecule has 24 heavy (non-hydrogen) atoms. The Bertz CT molecular complexity index is 694. The molecule has 1 aromatic heterocycles. The van der Waals surface area contributed by atoms with E-state index < -0.39 is 0 Å². The Morgan fingerprint density at radius 3 is 2.67 bits per heavy atom. The summed E-state index contributed by atoms with van der Waals surface area (Å²) in [6, 6.07) is 8.51. The molecule has 2 aromatic rings. The number of piperidine rings is 1. The summed E-state index contributed by atoms with van der Waals surface area (Å²) < 4.78 is 5.37. The molecule has 1 amide bonds. The molecule has 2 fully saturated rings. The van der Waals surface area contributed by atoms with Crippen LogP contribution >= 0.6 is 0 Å². The lowest BCUT2D eigenvalue weighted by Gasteiger charge is -2.35. The van der Waals surface area contributed by atoms with Crippen LogP contribution in [0.1, 0.15) is 31.2 Å². The van der Waals surface area contributed by atoms with Crippen molar-refractivity contribution in [3.05, 3.63) is 36.0 Å². The number of rotatable bonds is 3. The van der Waals surface area contributed by atoms with Crippen LogP contribution in [0.25, 0.3) is 10.9 Å². The molecule has 2 saturated heterocycles. The number of hydrogen-bond donors (Lipinski definition) is 1. The number of likely N-dealkylation sites (tertiary alicyclic amines) is 1. The van der Waals surface area contributed by atoms with Crippen molar-refractivity contribution in [1.29, 1.82) is 0 Å². The third-order valence-corrected chi connectivity index (χ3v) is 5.68. The fraction of sp³-hybridized carbons (Fsp3) is 0.550. The van der Waals surface area contributed by atoms with Crippen molar-refractivity contribution in [3.63, 3.8) is 0 Å². The maximum atomic E-state index is 12.6. The molecule has 0 saturated carbocycles. The number of aromatic amines is 1. The van der Waals surface area contributed by atoms with Gasteiger partial charge in [0.05, 0.1) is 0 Å². The van der Waals surface area contributed by atoms with Crippen molar-refractivity contribution < 1.29 is 9.53 Å². The molecule has 2 aliphatic rings. The zero-order valence-corrected chi connectivity index (χ0v) is 14.2. The number of nitrogens with zero attached hydrogens (tertiary/aromatic N) is 1. The molecule has 0 radical (unpaired) electrons. The highest BCUT2D eigenvalue weighted by Gasteiger charge is 2.29. The quantitative estimate of drug-likeness (QED) is 0.940. The first-order chi connectivity index (χ1) is 11.8. The average Bonchev–Trinajstić information content (AvgIpc) is 3.06. The third-order valence-electron chi connectivity index (χ3n) is 5.68. The van der Waals surface area contributed by atoms with Gasteiger partial charge in [0.2, 0.25) is 5.91 Å². The van der Waals surface area contributed by atoms with Gasteiger partial charge in [-0.3, -0.25) is 4.79 Å². The van der Waals surface area contributed by atoms with Crippen molar-refractivity contribution in [2.75, 3.05) is 26.3 Å². The second kappa shape index (κ2) is 6.98. The van der Waals surface area contributed by atoms with Crippen LogP contribution in [-0.2, 0) is 16.0 Å². The molecule has 0 unspecified atom stereocenters. The molecule has 0 spiro atoms. The van der Waals surface area contributed by atoms with E-state index in [-0.39, 0.29) is 5.92 Å². The van der Waals surface area contributed by atoms with Crippen LogP contribution < -0.4 is 0 Å². The molecule has 128 valence electrons. The molecule has 0 bridgehead atoms. The largest absolute Gasteiger partial charge is 0.381 e. The van der Waals surface area contributed by atoms with Crippen molar-refractivity contribution in [3.8, 4) is 0 Å². The highest BCUT2D eigenvalue weighted by atomic mass is 16.5. The van der Waals surface area contributed by atoms with Crippen LogP contribution in [0.3, 0.4) is 0 Å². The number of benzene rings is 1. The van der Waals surface area contributed by atoms with Gasteiger partial charge in [-0.2, -0.15) is 0 Å². The van der Waals surface area contributed by atoms with Crippen LogP contribution in [0.15, 0.2) is 30.5 Å². The fourth-order valence-electron chi connectivity index (χ4n) is 4.17. The topological polar surface area (TPSA) is 45.3 Å². The van der Waals surface area contributed by atoms with Crippen LogP contribution in [0.5, 0.6) is 0 Å². The normalized spacial score (nSPS) is 20.6. The fourth-order valence-corrected chi connectivity index (χ4v) is 4.17. The standard InChI is InChI=1S/C20H26N2O2/c23-20(16-7-11-24-12-8-16)22-9-5-15(6-10-22)13-17-14-21-19-4-2-1-3-18(17)19/h1-4,14-16,21H,5-13H2. The molecule has 0 atom stereocenters. The van der Waals surface area contributed by atoms with E-state index in [2.05, 4.69) is 40.3 Å². The lowest BCUT2D eigenvalue weighted by molar-refractivity contribution is -0.139. The summed E-state index contributed by atoms with van der Waals surface area (Å²) in [7, 11) is 0. The Kier molecular flexibility index (Phi) is 4.56. The third kappa shape index (κ3) is 3.20. The maximum absolute atomic E-state index is 12.6. The predicted molar refractivity (Wildman–Crippen MR) is 94.8 cm³/mol. The summed E-state index contributed by atoms with van der Waals surface area (Å²) in [6.07, 6.45) is 7.30. The van der Waals surface area contributed by atoms with Gasteiger partial charge in [0.1, 0.15) is 0 Å². The number of nitrogens with one attached hydrogen (secondary N) is 1. The van der Waals surface area contributed by atoms with Crippen molar-refractivity contribution in [2.45, 2.75) is 32.1 Å². The SMILES string of the molecule is O=C(C1CCOCC1)N1CCC(Cc2c[nH]c3ccccc23)CC1. The minimum atomic E-state index is 0.198. The first-order valence-corrected chi connectivity index (χ1v) is 9.23. The Balaban J connectivity index is 1.33. The van der Waals surface area contributed by atoms with E-state index in [9.17, 15) is 4.79 Å². The molecule has 1 aromatic carbocycles.